The van der Waals surface area contributed by atoms with Crippen LogP contribution < -0.4 is 5.43 Å². The minimum Gasteiger partial charge on any atom is -0.297 e. The van der Waals surface area contributed by atoms with Crippen molar-refractivity contribution in [1.82, 2.24) is 15.2 Å². The number of benzene rings is 2. The monoisotopic (exact) mass is 404 g/mol. The smallest absolute Gasteiger partial charge is 0.254 e. The normalized spacial score (nSPS) is 15.9. The van der Waals surface area contributed by atoms with Gasteiger partial charge in [0.1, 0.15) is 0 Å². The Morgan fingerprint density at radius 1 is 1.00 bits per heavy atom. The van der Waals surface area contributed by atoms with Crippen LogP contribution >= 0.6 is 23.2 Å². The van der Waals surface area contributed by atoms with Crippen LogP contribution in [0.2, 0.25) is 10.0 Å². The van der Waals surface area contributed by atoms with E-state index >= 15 is 0 Å². The van der Waals surface area contributed by atoms with E-state index in [4.69, 9.17) is 23.2 Å². The Hall–Kier alpha value is -1.92. The molecule has 0 spiro atoms. The molecule has 0 saturated carbocycles. The van der Waals surface area contributed by atoms with Crippen molar-refractivity contribution >= 4 is 35.3 Å². The first-order valence-electron chi connectivity index (χ1n) is 8.86. The van der Waals surface area contributed by atoms with Gasteiger partial charge in [-0.1, -0.05) is 65.7 Å². The average molecular weight is 405 g/mol. The molecule has 1 N–H and O–H groups in total. The minimum absolute atomic E-state index is 0.138. The Bertz CT molecular complexity index is 790. The highest BCUT2D eigenvalue weighted by Gasteiger charge is 2.18. The Morgan fingerprint density at radius 3 is 2.44 bits per heavy atom. The first kappa shape index (κ1) is 19.8. The molecule has 0 bridgehead atoms. The topological polar surface area (TPSA) is 47.9 Å². The number of hydrogen-bond acceptors (Lipinski definition) is 4. The maximum atomic E-state index is 12.1. The van der Waals surface area contributed by atoms with E-state index in [1.807, 2.05) is 6.07 Å². The van der Waals surface area contributed by atoms with Crippen molar-refractivity contribution in [3.63, 3.8) is 0 Å². The number of piperazine rings is 1. The number of hydrogen-bond donors (Lipinski definition) is 1. The number of carbonyl (C=O) groups is 1. The Kier molecular flexibility index (Phi) is 7.24. The zero-order valence-corrected chi connectivity index (χ0v) is 16.5. The molecule has 0 aliphatic carbocycles. The van der Waals surface area contributed by atoms with Gasteiger partial charge >= 0.3 is 0 Å². The summed E-state index contributed by atoms with van der Waals surface area (Å²) >= 11 is 12.0. The molecule has 1 fully saturated rings. The maximum absolute atomic E-state index is 12.1. The standard InChI is InChI=1S/C20H22Cl2N4O/c21-18-8-4-7-17(20(18)22)13-23-24-19(27)15-26-11-9-25(10-12-26)14-16-5-2-1-3-6-16/h1-8,13H,9-12,14-15H2,(H,24,27). The predicted octanol–water partition coefficient (Wildman–Crippen LogP) is 3.26. The lowest BCUT2D eigenvalue weighted by molar-refractivity contribution is -0.122. The Morgan fingerprint density at radius 2 is 1.70 bits per heavy atom. The molecule has 0 unspecified atom stereocenters. The molecule has 142 valence electrons. The minimum atomic E-state index is -0.138. The van der Waals surface area contributed by atoms with E-state index in [-0.39, 0.29) is 5.91 Å². The van der Waals surface area contributed by atoms with E-state index < -0.39 is 0 Å². The highest BCUT2D eigenvalue weighted by molar-refractivity contribution is 6.43. The van der Waals surface area contributed by atoms with Gasteiger partial charge in [-0.3, -0.25) is 14.6 Å². The van der Waals surface area contributed by atoms with Crippen molar-refractivity contribution in [3.05, 3.63) is 69.7 Å². The lowest BCUT2D eigenvalue weighted by Crippen LogP contribution is -2.48. The third-order valence-corrected chi connectivity index (χ3v) is 5.29. The van der Waals surface area contributed by atoms with Gasteiger partial charge in [0.2, 0.25) is 0 Å². The lowest BCUT2D eigenvalue weighted by atomic mass is 10.2. The zero-order valence-electron chi connectivity index (χ0n) is 14.9. The number of carbonyl (C=O) groups excluding carboxylic acids is 1. The maximum Gasteiger partial charge on any atom is 0.254 e. The van der Waals surface area contributed by atoms with Crippen LogP contribution in [0.4, 0.5) is 0 Å². The number of halogens is 2. The molecule has 1 heterocycles. The predicted molar refractivity (Wildman–Crippen MR) is 110 cm³/mol. The Labute approximate surface area is 169 Å². The molecule has 1 saturated heterocycles. The fourth-order valence-corrected chi connectivity index (χ4v) is 3.34. The fraction of sp³-hybridized carbons (Fsp3) is 0.300. The second-order valence-corrected chi connectivity index (χ2v) is 7.26. The highest BCUT2D eigenvalue weighted by Crippen LogP contribution is 2.24. The Balaban J connectivity index is 1.40. The molecule has 0 aromatic heterocycles. The van der Waals surface area contributed by atoms with E-state index in [0.717, 1.165) is 32.7 Å². The van der Waals surface area contributed by atoms with Gasteiger partial charge in [0, 0.05) is 38.3 Å². The second-order valence-electron chi connectivity index (χ2n) is 6.47. The number of hydrazone groups is 1. The van der Waals surface area contributed by atoms with Gasteiger partial charge in [0.25, 0.3) is 5.91 Å². The van der Waals surface area contributed by atoms with Crippen molar-refractivity contribution in [3.8, 4) is 0 Å². The van der Waals surface area contributed by atoms with Crippen LogP contribution in [0.5, 0.6) is 0 Å². The van der Waals surface area contributed by atoms with Crippen molar-refractivity contribution in [1.29, 1.82) is 0 Å². The van der Waals surface area contributed by atoms with Crippen molar-refractivity contribution in [2.24, 2.45) is 5.10 Å². The molecule has 5 nitrogen and oxygen atoms in total. The van der Waals surface area contributed by atoms with Crippen molar-refractivity contribution in [2.75, 3.05) is 32.7 Å². The van der Waals surface area contributed by atoms with E-state index in [0.29, 0.717) is 22.2 Å². The van der Waals surface area contributed by atoms with Gasteiger partial charge in [-0.05, 0) is 11.6 Å². The molecule has 0 atom stereocenters. The van der Waals surface area contributed by atoms with Gasteiger partial charge in [0.05, 0.1) is 22.8 Å². The number of nitrogens with zero attached hydrogens (tertiary/aromatic N) is 3. The summed E-state index contributed by atoms with van der Waals surface area (Å²) in [5.74, 6) is -0.138. The van der Waals surface area contributed by atoms with Crippen LogP contribution in [-0.4, -0.2) is 54.6 Å². The van der Waals surface area contributed by atoms with E-state index in [1.165, 1.54) is 11.8 Å². The van der Waals surface area contributed by atoms with Gasteiger partial charge in [-0.25, -0.2) is 5.43 Å². The number of rotatable bonds is 6. The van der Waals surface area contributed by atoms with Crippen molar-refractivity contribution < 1.29 is 4.79 Å². The highest BCUT2D eigenvalue weighted by atomic mass is 35.5. The summed E-state index contributed by atoms with van der Waals surface area (Å²) < 4.78 is 0. The van der Waals surface area contributed by atoms with Crippen molar-refractivity contribution in [2.45, 2.75) is 6.54 Å². The molecule has 27 heavy (non-hydrogen) atoms. The van der Waals surface area contributed by atoms with Gasteiger partial charge < -0.3 is 0 Å². The summed E-state index contributed by atoms with van der Waals surface area (Å²) in [7, 11) is 0. The van der Waals surface area contributed by atoms with Crippen LogP contribution in [0.15, 0.2) is 53.6 Å². The summed E-state index contributed by atoms with van der Waals surface area (Å²) in [5, 5.41) is 4.86. The average Bonchev–Trinajstić information content (AvgIpc) is 2.67. The summed E-state index contributed by atoms with van der Waals surface area (Å²) in [4.78, 5) is 16.6. The van der Waals surface area contributed by atoms with Gasteiger partial charge in [0.15, 0.2) is 0 Å². The van der Waals surface area contributed by atoms with Crippen LogP contribution in [0.25, 0.3) is 0 Å². The quantitative estimate of drug-likeness (QED) is 0.593. The van der Waals surface area contributed by atoms with Crippen LogP contribution in [0, 0.1) is 0 Å². The summed E-state index contributed by atoms with van der Waals surface area (Å²) in [6, 6.07) is 15.7. The number of amides is 1. The SMILES string of the molecule is O=C(CN1CCN(Cc2ccccc2)CC1)NN=Cc1cccc(Cl)c1Cl. The molecule has 1 amide bonds. The first-order chi connectivity index (χ1) is 13.1. The molecule has 3 rings (SSSR count). The molecule has 2 aromatic carbocycles. The van der Waals surface area contributed by atoms with Crippen LogP contribution in [-0.2, 0) is 11.3 Å². The summed E-state index contributed by atoms with van der Waals surface area (Å²) in [5.41, 5.74) is 4.53. The zero-order chi connectivity index (χ0) is 19.1. The first-order valence-corrected chi connectivity index (χ1v) is 9.62. The van der Waals surface area contributed by atoms with Crippen LogP contribution in [0.1, 0.15) is 11.1 Å². The third kappa shape index (κ3) is 6.04. The molecule has 7 heteroatoms. The molecule has 1 aliphatic rings. The van der Waals surface area contributed by atoms with Gasteiger partial charge in [-0.15, -0.1) is 0 Å². The fourth-order valence-electron chi connectivity index (χ4n) is 2.98. The largest absolute Gasteiger partial charge is 0.297 e. The number of nitrogens with one attached hydrogen (secondary N) is 1. The molecule has 2 aromatic rings. The van der Waals surface area contributed by atoms with E-state index in [1.54, 1.807) is 18.2 Å². The lowest BCUT2D eigenvalue weighted by Gasteiger charge is -2.34. The van der Waals surface area contributed by atoms with E-state index in [9.17, 15) is 4.79 Å². The second kappa shape index (κ2) is 9.85. The van der Waals surface area contributed by atoms with Crippen LogP contribution in [0.3, 0.4) is 0 Å². The molecule has 1 aliphatic heterocycles. The summed E-state index contributed by atoms with van der Waals surface area (Å²) in [6.07, 6.45) is 1.50. The summed E-state index contributed by atoms with van der Waals surface area (Å²) in [6.45, 7) is 4.91. The third-order valence-electron chi connectivity index (χ3n) is 4.46. The van der Waals surface area contributed by atoms with Gasteiger partial charge in [-0.2, -0.15) is 5.10 Å². The molecular formula is C20H22Cl2N4O. The molecule has 0 radical (unpaired) electrons. The molecular weight excluding hydrogens is 383 g/mol. The van der Waals surface area contributed by atoms with E-state index in [2.05, 4.69) is 44.6 Å².